The van der Waals surface area contributed by atoms with Crippen molar-refractivity contribution in [3.05, 3.63) is 65.2 Å². The van der Waals surface area contributed by atoms with Crippen LogP contribution in [-0.4, -0.2) is 0 Å². The summed E-state index contributed by atoms with van der Waals surface area (Å²) in [5.41, 5.74) is 7.67. The fourth-order valence-electron chi connectivity index (χ4n) is 1.68. The smallest absolute Gasteiger partial charge is 0.131 e. The summed E-state index contributed by atoms with van der Waals surface area (Å²) in [5, 5.41) is 3.06. The van der Waals surface area contributed by atoms with Crippen LogP contribution in [0.1, 0.15) is 11.1 Å². The lowest BCUT2D eigenvalue weighted by molar-refractivity contribution is 0.622. The van der Waals surface area contributed by atoms with E-state index in [-0.39, 0.29) is 12.4 Å². The zero-order valence-corrected chi connectivity index (χ0v) is 9.71. The fourth-order valence-corrected chi connectivity index (χ4v) is 1.68. The maximum atomic E-state index is 13.0. The van der Waals surface area contributed by atoms with Gasteiger partial charge in [-0.15, -0.1) is 0 Å². The highest BCUT2D eigenvalue weighted by molar-refractivity contribution is 5.44. The van der Waals surface area contributed by atoms with Crippen LogP contribution in [0.2, 0.25) is 0 Å². The number of nitrogens with one attached hydrogen (secondary N) is 1. The summed E-state index contributed by atoms with van der Waals surface area (Å²) in [6, 6.07) is 11.7. The Hall–Kier alpha value is -1.94. The van der Waals surface area contributed by atoms with Crippen LogP contribution in [0, 0.1) is 17.7 Å². The van der Waals surface area contributed by atoms with Crippen molar-refractivity contribution in [1.29, 1.82) is 0 Å². The molecule has 4 heteroatoms. The second-order valence-corrected chi connectivity index (χ2v) is 3.88. The molecule has 0 unspecified atom stereocenters. The molecule has 0 saturated heterocycles. The van der Waals surface area contributed by atoms with Gasteiger partial charge in [0.25, 0.3) is 0 Å². The Morgan fingerprint density at radius 1 is 1.17 bits per heavy atom. The van der Waals surface area contributed by atoms with Gasteiger partial charge in [0.2, 0.25) is 0 Å². The van der Waals surface area contributed by atoms with E-state index in [1.807, 2.05) is 0 Å². The van der Waals surface area contributed by atoms with Gasteiger partial charge in [-0.3, -0.25) is 0 Å². The minimum Gasteiger partial charge on any atom is -0.381 e. The molecule has 2 nitrogen and oxygen atoms in total. The number of rotatable bonds is 4. The van der Waals surface area contributed by atoms with Crippen LogP contribution in [0.4, 0.5) is 14.5 Å². The molecule has 0 bridgehead atoms. The van der Waals surface area contributed by atoms with Crippen molar-refractivity contribution in [2.45, 2.75) is 13.1 Å². The molecule has 0 fully saturated rings. The summed E-state index contributed by atoms with van der Waals surface area (Å²) >= 11 is 0. The van der Waals surface area contributed by atoms with Crippen LogP contribution < -0.4 is 11.1 Å². The number of benzene rings is 2. The molecule has 3 N–H and O–H groups in total. The molecular weight excluding hydrogens is 234 g/mol. The number of hydrogen-bond donors (Lipinski definition) is 2. The van der Waals surface area contributed by atoms with E-state index >= 15 is 0 Å². The molecule has 0 amide bonds. The minimum absolute atomic E-state index is 0.220. The van der Waals surface area contributed by atoms with E-state index in [9.17, 15) is 8.78 Å². The molecule has 2 aromatic rings. The molecule has 2 rings (SSSR count). The molecular formula is C14H13F2N2. The van der Waals surface area contributed by atoms with Crippen molar-refractivity contribution >= 4 is 5.69 Å². The number of anilines is 1. The Bertz CT molecular complexity index is 541. The second kappa shape index (κ2) is 5.60. The van der Waals surface area contributed by atoms with Gasteiger partial charge in [0.1, 0.15) is 11.6 Å². The Kier molecular flexibility index (Phi) is 3.89. The van der Waals surface area contributed by atoms with Gasteiger partial charge in [-0.25, -0.2) is 8.78 Å². The van der Waals surface area contributed by atoms with Gasteiger partial charge in [-0.05, 0) is 35.4 Å². The monoisotopic (exact) mass is 247 g/mol. The zero-order chi connectivity index (χ0) is 13.0. The van der Waals surface area contributed by atoms with Crippen LogP contribution in [0.25, 0.3) is 0 Å². The van der Waals surface area contributed by atoms with E-state index in [1.165, 1.54) is 18.2 Å². The molecule has 0 spiro atoms. The van der Waals surface area contributed by atoms with E-state index in [1.54, 1.807) is 18.2 Å². The molecule has 0 heterocycles. The fraction of sp³-hybridized carbons (Fsp3) is 0.143. The van der Waals surface area contributed by atoms with Gasteiger partial charge in [0, 0.05) is 24.8 Å². The van der Waals surface area contributed by atoms with Crippen molar-refractivity contribution < 1.29 is 8.78 Å². The normalized spacial score (nSPS) is 10.4. The molecule has 93 valence electrons. The van der Waals surface area contributed by atoms with Crippen molar-refractivity contribution in [2.75, 3.05) is 5.32 Å². The van der Waals surface area contributed by atoms with E-state index in [0.717, 1.165) is 5.56 Å². The molecule has 0 saturated carbocycles. The van der Waals surface area contributed by atoms with Gasteiger partial charge in [0.15, 0.2) is 0 Å². The molecule has 2 aromatic carbocycles. The Morgan fingerprint density at radius 3 is 2.72 bits per heavy atom. The predicted molar refractivity (Wildman–Crippen MR) is 66.9 cm³/mol. The third-order valence-electron chi connectivity index (χ3n) is 2.60. The molecule has 18 heavy (non-hydrogen) atoms. The molecule has 0 aliphatic heterocycles. The highest BCUT2D eigenvalue weighted by atomic mass is 19.1. The third-order valence-corrected chi connectivity index (χ3v) is 2.60. The summed E-state index contributed by atoms with van der Waals surface area (Å²) in [4.78, 5) is 0. The first-order valence-corrected chi connectivity index (χ1v) is 5.58. The van der Waals surface area contributed by atoms with Gasteiger partial charge in [-0.2, -0.15) is 0 Å². The Morgan fingerprint density at radius 2 is 2.00 bits per heavy atom. The Labute approximate surface area is 104 Å². The third kappa shape index (κ3) is 3.05. The van der Waals surface area contributed by atoms with Crippen LogP contribution >= 0.6 is 0 Å². The van der Waals surface area contributed by atoms with Crippen molar-refractivity contribution in [1.82, 2.24) is 0 Å². The largest absolute Gasteiger partial charge is 0.381 e. The predicted octanol–water partition coefficient (Wildman–Crippen LogP) is 2.84. The van der Waals surface area contributed by atoms with Crippen molar-refractivity contribution in [3.8, 4) is 0 Å². The lowest BCUT2D eigenvalue weighted by atomic mass is 10.1. The topological polar surface area (TPSA) is 38.0 Å². The first-order chi connectivity index (χ1) is 8.69. The summed E-state index contributed by atoms with van der Waals surface area (Å²) in [6.45, 7) is 0.671. The van der Waals surface area contributed by atoms with Crippen LogP contribution in [0.15, 0.2) is 36.4 Å². The molecule has 0 aromatic heterocycles. The van der Waals surface area contributed by atoms with Crippen LogP contribution in [0.5, 0.6) is 0 Å². The average molecular weight is 247 g/mol. The minimum atomic E-state index is -0.426. The standard InChI is InChI=1S/C14H13F2N2/c15-12-2-1-3-14(7-12)18-9-10-4-5-13(16)6-11(10)8-17/h1-5,7,18H,8-9,17H2. The molecule has 0 aliphatic rings. The van der Waals surface area contributed by atoms with Gasteiger partial charge < -0.3 is 11.1 Å². The van der Waals surface area contributed by atoms with Crippen LogP contribution in [0.3, 0.4) is 0 Å². The van der Waals surface area contributed by atoms with Gasteiger partial charge in [-0.1, -0.05) is 12.1 Å². The SMILES string of the molecule is NCc1[c]c(F)ccc1CNc1cccc(F)c1. The van der Waals surface area contributed by atoms with E-state index in [4.69, 9.17) is 5.73 Å². The van der Waals surface area contributed by atoms with Crippen molar-refractivity contribution in [3.63, 3.8) is 0 Å². The lowest BCUT2D eigenvalue weighted by Crippen LogP contribution is -2.07. The zero-order valence-electron chi connectivity index (χ0n) is 9.71. The molecule has 1 radical (unpaired) electrons. The molecule has 0 atom stereocenters. The molecule has 0 aliphatic carbocycles. The highest BCUT2D eigenvalue weighted by Crippen LogP contribution is 2.14. The first kappa shape index (κ1) is 12.5. The van der Waals surface area contributed by atoms with Crippen molar-refractivity contribution in [2.24, 2.45) is 5.73 Å². The van der Waals surface area contributed by atoms with Gasteiger partial charge >= 0.3 is 0 Å². The number of hydrogen-bond acceptors (Lipinski definition) is 2. The summed E-state index contributed by atoms with van der Waals surface area (Å²) < 4.78 is 25.9. The lowest BCUT2D eigenvalue weighted by Gasteiger charge is -2.10. The highest BCUT2D eigenvalue weighted by Gasteiger charge is 2.03. The van der Waals surface area contributed by atoms with E-state index in [2.05, 4.69) is 11.4 Å². The Balaban J connectivity index is 2.10. The quantitative estimate of drug-likeness (QED) is 0.871. The van der Waals surface area contributed by atoms with E-state index < -0.39 is 5.82 Å². The first-order valence-electron chi connectivity index (χ1n) is 5.58. The number of halogens is 2. The van der Waals surface area contributed by atoms with E-state index in [0.29, 0.717) is 17.8 Å². The maximum absolute atomic E-state index is 13.0. The van der Waals surface area contributed by atoms with Crippen LogP contribution in [-0.2, 0) is 13.1 Å². The maximum Gasteiger partial charge on any atom is 0.131 e. The van der Waals surface area contributed by atoms with Gasteiger partial charge in [0.05, 0.1) is 0 Å². The summed E-state index contributed by atoms with van der Waals surface area (Å²) in [6.07, 6.45) is 0. The number of nitrogens with two attached hydrogens (primary N) is 1. The summed E-state index contributed by atoms with van der Waals surface area (Å²) in [5.74, 6) is -0.727. The summed E-state index contributed by atoms with van der Waals surface area (Å²) in [7, 11) is 0. The second-order valence-electron chi connectivity index (χ2n) is 3.88. The average Bonchev–Trinajstić information content (AvgIpc) is 2.37.